The summed E-state index contributed by atoms with van der Waals surface area (Å²) in [6, 6.07) is 9.53. The fraction of sp³-hybridized carbons (Fsp3) is 0.355. The standard InChI is InChI=1S/C15H12F5N5O2.C14H9F6N5O.C2H6/c1-14(16,17)13-23-22-10-5-4-9(24-25(10)13)8-3-6-11(21-12(8)26-2)27-7-15(18,19)20;1-7-4-8(5-21-11(7)26-6-13(15,16)17)9-2-3-10-22-23-12(14(18,19)20)25(10)24-9;1-2/h3-6H,7H2,1-2H3;2-5H,6H2,1H3;1-2H3. The molecule has 296 valence electrons. The first kappa shape index (κ1) is 41.8. The predicted molar refractivity (Wildman–Crippen MR) is 168 cm³/mol. The van der Waals surface area contributed by atoms with Crippen LogP contribution in [0.25, 0.3) is 33.8 Å². The summed E-state index contributed by atoms with van der Waals surface area (Å²) in [5, 5.41) is 21.4. The lowest BCUT2D eigenvalue weighted by Gasteiger charge is -2.12. The smallest absolute Gasteiger partial charge is 0.453 e. The van der Waals surface area contributed by atoms with Crippen molar-refractivity contribution in [3.05, 3.63) is 65.9 Å². The Kier molecular flexibility index (Phi) is 12.3. The van der Waals surface area contributed by atoms with Crippen LogP contribution in [-0.4, -0.2) is 82.3 Å². The van der Waals surface area contributed by atoms with Crippen LogP contribution in [0.3, 0.4) is 0 Å². The number of hydrogen-bond donors (Lipinski definition) is 0. The molecule has 6 rings (SSSR count). The first-order valence-corrected chi connectivity index (χ1v) is 15.4. The maximum atomic E-state index is 13.6. The van der Waals surface area contributed by atoms with E-state index in [4.69, 9.17) is 4.74 Å². The van der Waals surface area contributed by atoms with Crippen molar-refractivity contribution in [1.29, 1.82) is 0 Å². The molecule has 6 aromatic heterocycles. The molecular formula is C31H27F11N10O3. The Morgan fingerprint density at radius 1 is 0.655 bits per heavy atom. The fourth-order valence-corrected chi connectivity index (χ4v) is 4.34. The Morgan fingerprint density at radius 3 is 1.75 bits per heavy atom. The van der Waals surface area contributed by atoms with Crippen molar-refractivity contribution in [2.75, 3.05) is 20.3 Å². The number of nitrogens with zero attached hydrogens (tertiary/aromatic N) is 10. The van der Waals surface area contributed by atoms with Crippen molar-refractivity contribution < 1.29 is 62.5 Å². The second-order valence-corrected chi connectivity index (χ2v) is 10.8. The van der Waals surface area contributed by atoms with Crippen LogP contribution >= 0.6 is 0 Å². The fourth-order valence-electron chi connectivity index (χ4n) is 4.34. The molecule has 55 heavy (non-hydrogen) atoms. The molecule has 0 bridgehead atoms. The van der Waals surface area contributed by atoms with E-state index in [0.717, 1.165) is 10.7 Å². The molecule has 0 amide bonds. The van der Waals surface area contributed by atoms with E-state index in [1.54, 1.807) is 0 Å². The summed E-state index contributed by atoms with van der Waals surface area (Å²) in [6.07, 6.45) is -12.6. The Labute approximate surface area is 302 Å². The number of halogens is 11. The Bertz CT molecular complexity index is 2230. The Morgan fingerprint density at radius 2 is 1.20 bits per heavy atom. The van der Waals surface area contributed by atoms with Crippen molar-refractivity contribution in [2.24, 2.45) is 0 Å². The molecule has 6 heterocycles. The van der Waals surface area contributed by atoms with E-state index >= 15 is 0 Å². The van der Waals surface area contributed by atoms with Crippen molar-refractivity contribution >= 4 is 11.3 Å². The maximum absolute atomic E-state index is 13.6. The van der Waals surface area contributed by atoms with Crippen molar-refractivity contribution in [2.45, 2.75) is 52.1 Å². The molecule has 0 atom stereocenters. The lowest BCUT2D eigenvalue weighted by atomic mass is 10.1. The lowest BCUT2D eigenvalue weighted by Crippen LogP contribution is -2.20. The van der Waals surface area contributed by atoms with Gasteiger partial charge in [-0.1, -0.05) is 13.8 Å². The maximum Gasteiger partial charge on any atom is 0.453 e. The first-order chi connectivity index (χ1) is 25.6. The van der Waals surface area contributed by atoms with Crippen LogP contribution in [0.2, 0.25) is 0 Å². The van der Waals surface area contributed by atoms with Crippen molar-refractivity contribution in [3.63, 3.8) is 0 Å². The van der Waals surface area contributed by atoms with E-state index in [9.17, 15) is 48.3 Å². The number of methoxy groups -OCH3 is 1. The average Bonchev–Trinajstić information content (AvgIpc) is 3.75. The van der Waals surface area contributed by atoms with Gasteiger partial charge >= 0.3 is 24.5 Å². The molecular weight excluding hydrogens is 769 g/mol. The van der Waals surface area contributed by atoms with Gasteiger partial charge in [-0.05, 0) is 43.3 Å². The lowest BCUT2D eigenvalue weighted by molar-refractivity contribution is -0.154. The Balaban J connectivity index is 0.000000234. The number of pyridine rings is 2. The van der Waals surface area contributed by atoms with E-state index < -0.39 is 49.3 Å². The van der Waals surface area contributed by atoms with Gasteiger partial charge in [0.15, 0.2) is 24.5 Å². The minimum Gasteiger partial charge on any atom is -0.480 e. The van der Waals surface area contributed by atoms with E-state index in [0.29, 0.717) is 17.0 Å². The molecule has 0 aliphatic heterocycles. The highest BCUT2D eigenvalue weighted by Crippen LogP contribution is 2.32. The van der Waals surface area contributed by atoms with Crippen LogP contribution in [0.4, 0.5) is 48.3 Å². The highest BCUT2D eigenvalue weighted by molar-refractivity contribution is 5.66. The van der Waals surface area contributed by atoms with Gasteiger partial charge < -0.3 is 14.2 Å². The van der Waals surface area contributed by atoms with Gasteiger partial charge in [-0.2, -0.15) is 72.5 Å². The van der Waals surface area contributed by atoms with E-state index in [-0.39, 0.29) is 51.4 Å². The van der Waals surface area contributed by atoms with Crippen LogP contribution in [0.5, 0.6) is 17.6 Å². The minimum atomic E-state index is -4.74. The molecule has 0 fully saturated rings. The summed E-state index contributed by atoms with van der Waals surface area (Å²) in [5.41, 5.74) is 1.13. The largest absolute Gasteiger partial charge is 0.480 e. The summed E-state index contributed by atoms with van der Waals surface area (Å²) in [4.78, 5) is 7.61. The zero-order chi connectivity index (χ0) is 40.9. The second-order valence-electron chi connectivity index (χ2n) is 10.8. The number of aromatic nitrogens is 10. The van der Waals surface area contributed by atoms with E-state index in [1.807, 2.05) is 13.8 Å². The molecule has 0 aliphatic carbocycles. The number of fused-ring (bicyclic) bond motifs is 2. The quantitative estimate of drug-likeness (QED) is 0.140. The van der Waals surface area contributed by atoms with Gasteiger partial charge in [0, 0.05) is 30.3 Å². The SMILES string of the molecule is CC.COc1nc(OCC(F)(F)F)ccc1-c1ccc2nnc(C(C)(F)F)n2n1.Cc1cc(-c2ccc3nnc(C(F)(F)F)n3n2)cnc1OCC(F)(F)F. The van der Waals surface area contributed by atoms with E-state index in [1.165, 1.54) is 56.5 Å². The summed E-state index contributed by atoms with van der Waals surface area (Å²) >= 11 is 0. The van der Waals surface area contributed by atoms with Gasteiger partial charge in [-0.3, -0.25) is 0 Å². The van der Waals surface area contributed by atoms with E-state index in [2.05, 4.69) is 50.0 Å². The van der Waals surface area contributed by atoms with Crippen molar-refractivity contribution in [3.8, 4) is 40.2 Å². The highest BCUT2D eigenvalue weighted by atomic mass is 19.4. The number of rotatable bonds is 8. The molecule has 0 unspecified atom stereocenters. The molecule has 0 N–H and O–H groups in total. The van der Waals surface area contributed by atoms with Gasteiger partial charge in [0.2, 0.25) is 23.5 Å². The number of alkyl halides is 11. The molecule has 13 nitrogen and oxygen atoms in total. The van der Waals surface area contributed by atoms with Gasteiger partial charge in [0.25, 0.3) is 5.82 Å². The number of ether oxygens (including phenoxy) is 3. The Hall–Kier alpha value is -5.97. The normalized spacial score (nSPS) is 12.1. The van der Waals surface area contributed by atoms with Gasteiger partial charge in [-0.15, -0.1) is 20.4 Å². The van der Waals surface area contributed by atoms with Gasteiger partial charge in [0.1, 0.15) is 0 Å². The summed E-state index contributed by atoms with van der Waals surface area (Å²) in [5.74, 6) is -5.84. The third kappa shape index (κ3) is 10.6. The number of aryl methyl sites for hydroxylation is 1. The molecule has 6 aromatic rings. The highest BCUT2D eigenvalue weighted by Gasteiger charge is 2.38. The molecule has 24 heteroatoms. The summed E-state index contributed by atoms with van der Waals surface area (Å²) in [6.45, 7) is 3.11. The van der Waals surface area contributed by atoms with Crippen LogP contribution in [0.15, 0.2) is 48.7 Å². The molecule has 0 saturated heterocycles. The predicted octanol–water partition coefficient (Wildman–Crippen LogP) is 7.73. The zero-order valence-corrected chi connectivity index (χ0v) is 28.9. The number of hydrogen-bond acceptors (Lipinski definition) is 11. The molecule has 0 radical (unpaired) electrons. The third-order valence-electron chi connectivity index (χ3n) is 6.56. The molecule has 0 aromatic carbocycles. The molecule has 0 aliphatic rings. The van der Waals surface area contributed by atoms with Crippen molar-refractivity contribution in [1.82, 2.24) is 49.6 Å². The van der Waals surface area contributed by atoms with Crippen LogP contribution in [0.1, 0.15) is 38.0 Å². The third-order valence-corrected chi connectivity index (χ3v) is 6.56. The van der Waals surface area contributed by atoms with Crippen LogP contribution in [-0.2, 0) is 12.1 Å². The van der Waals surface area contributed by atoms with Gasteiger partial charge in [0.05, 0.1) is 24.1 Å². The van der Waals surface area contributed by atoms with Gasteiger partial charge in [-0.25, -0.2) is 4.98 Å². The van der Waals surface area contributed by atoms with Crippen LogP contribution in [0, 0.1) is 6.92 Å². The average molecular weight is 797 g/mol. The molecule has 0 spiro atoms. The first-order valence-electron chi connectivity index (χ1n) is 15.4. The molecule has 0 saturated carbocycles. The second kappa shape index (κ2) is 16.2. The zero-order valence-electron chi connectivity index (χ0n) is 28.9. The monoisotopic (exact) mass is 796 g/mol. The minimum absolute atomic E-state index is 0.0839. The summed E-state index contributed by atoms with van der Waals surface area (Å²) in [7, 11) is 1.25. The summed E-state index contributed by atoms with van der Waals surface area (Å²) < 4.78 is 155. The van der Waals surface area contributed by atoms with Crippen LogP contribution < -0.4 is 14.2 Å². The topological polar surface area (TPSA) is 140 Å².